The van der Waals surface area contributed by atoms with Gasteiger partial charge in [0.2, 0.25) is 0 Å². The fraction of sp³-hybridized carbons (Fsp3) is 0.143. The Morgan fingerprint density at radius 3 is 2.50 bits per heavy atom. The maximum Gasteiger partial charge on any atom is 0.151 e. The molecule has 0 atom stereocenters. The molecule has 0 spiro atoms. The smallest absolute Gasteiger partial charge is 0.151 e. The van der Waals surface area contributed by atoms with E-state index in [-0.39, 0.29) is 18.0 Å². The van der Waals surface area contributed by atoms with Gasteiger partial charge in [-0.25, -0.2) is 8.78 Å². The molecule has 0 amide bonds. The molecule has 4 heteroatoms. The molecule has 0 unspecified atom stereocenters. The lowest BCUT2D eigenvalue weighted by atomic mass is 10.1. The second-order valence-corrected chi connectivity index (χ2v) is 4.13. The minimum Gasteiger partial charge on any atom is -0.396 e. The van der Waals surface area contributed by atoms with E-state index in [0.717, 1.165) is 0 Å². The summed E-state index contributed by atoms with van der Waals surface area (Å²) in [4.78, 5) is 1.65. The minimum absolute atomic E-state index is 0.106. The number of nitrogen functional groups attached to an aromatic ring is 1. The van der Waals surface area contributed by atoms with Crippen LogP contribution in [0.1, 0.15) is 5.56 Å². The number of anilines is 2. The molecule has 2 N–H and O–H groups in total. The number of hydrogen-bond donors (Lipinski definition) is 1. The SMILES string of the molecule is CN(Cc1cccc(N)c1F)c1ccccc1F. The highest BCUT2D eigenvalue weighted by Gasteiger charge is 2.11. The molecule has 0 bridgehead atoms. The number of benzene rings is 2. The fourth-order valence-corrected chi connectivity index (χ4v) is 1.82. The molecule has 0 aromatic heterocycles. The van der Waals surface area contributed by atoms with Crippen LogP contribution in [0.25, 0.3) is 0 Å². The first-order valence-corrected chi connectivity index (χ1v) is 5.58. The van der Waals surface area contributed by atoms with Crippen LogP contribution < -0.4 is 10.6 Å². The van der Waals surface area contributed by atoms with Crippen molar-refractivity contribution in [3.05, 3.63) is 59.7 Å². The molecular formula is C14H14F2N2. The van der Waals surface area contributed by atoms with Crippen LogP contribution in [0.4, 0.5) is 20.2 Å². The van der Waals surface area contributed by atoms with Gasteiger partial charge in [-0.3, -0.25) is 0 Å². The second kappa shape index (κ2) is 5.04. The van der Waals surface area contributed by atoms with Crippen molar-refractivity contribution in [2.75, 3.05) is 17.7 Å². The molecule has 2 rings (SSSR count). The highest BCUT2D eigenvalue weighted by Crippen LogP contribution is 2.21. The monoisotopic (exact) mass is 248 g/mol. The number of nitrogens with two attached hydrogens (primary N) is 1. The Bertz CT molecular complexity index is 555. The molecule has 0 aliphatic heterocycles. The number of nitrogens with zero attached hydrogens (tertiary/aromatic N) is 1. The van der Waals surface area contributed by atoms with Gasteiger partial charge < -0.3 is 10.6 Å². The van der Waals surface area contributed by atoms with Gasteiger partial charge >= 0.3 is 0 Å². The van der Waals surface area contributed by atoms with Crippen LogP contribution >= 0.6 is 0 Å². The van der Waals surface area contributed by atoms with Crippen molar-refractivity contribution in [2.45, 2.75) is 6.54 Å². The summed E-state index contributed by atoms with van der Waals surface area (Å²) in [7, 11) is 1.71. The van der Waals surface area contributed by atoms with E-state index in [1.165, 1.54) is 12.1 Å². The lowest BCUT2D eigenvalue weighted by Gasteiger charge is -2.20. The normalized spacial score (nSPS) is 10.4. The van der Waals surface area contributed by atoms with Gasteiger partial charge in [0.1, 0.15) is 5.82 Å². The van der Waals surface area contributed by atoms with Crippen molar-refractivity contribution in [1.82, 2.24) is 0 Å². The topological polar surface area (TPSA) is 29.3 Å². The Hall–Kier alpha value is -2.10. The van der Waals surface area contributed by atoms with Crippen LogP contribution in [0.15, 0.2) is 42.5 Å². The van der Waals surface area contributed by atoms with Gasteiger partial charge in [0.05, 0.1) is 11.4 Å². The standard InChI is InChI=1S/C14H14F2N2/c1-18(13-8-3-2-6-11(13)15)9-10-5-4-7-12(17)14(10)16/h2-8H,9,17H2,1H3. The summed E-state index contributed by atoms with van der Waals surface area (Å²) in [5.41, 5.74) is 6.48. The largest absolute Gasteiger partial charge is 0.396 e. The van der Waals surface area contributed by atoms with E-state index >= 15 is 0 Å². The quantitative estimate of drug-likeness (QED) is 0.845. The Morgan fingerprint density at radius 1 is 1.06 bits per heavy atom. The Morgan fingerprint density at radius 2 is 1.78 bits per heavy atom. The minimum atomic E-state index is -0.444. The average Bonchev–Trinajstić information content (AvgIpc) is 2.35. The molecule has 0 saturated heterocycles. The number of halogens is 2. The van der Waals surface area contributed by atoms with Crippen LogP contribution in [0.3, 0.4) is 0 Å². The maximum absolute atomic E-state index is 13.7. The molecule has 0 heterocycles. The molecule has 0 aliphatic rings. The molecule has 18 heavy (non-hydrogen) atoms. The first-order valence-electron chi connectivity index (χ1n) is 5.58. The Balaban J connectivity index is 2.24. The molecule has 2 aromatic carbocycles. The number of hydrogen-bond acceptors (Lipinski definition) is 2. The van der Waals surface area contributed by atoms with Crippen molar-refractivity contribution >= 4 is 11.4 Å². The summed E-state index contributed by atoms with van der Waals surface area (Å²) in [6, 6.07) is 11.2. The van der Waals surface area contributed by atoms with Crippen molar-refractivity contribution < 1.29 is 8.78 Å². The van der Waals surface area contributed by atoms with Crippen LogP contribution in [0.5, 0.6) is 0 Å². The first kappa shape index (κ1) is 12.4. The van der Waals surface area contributed by atoms with E-state index in [2.05, 4.69) is 0 Å². The Labute approximate surface area is 105 Å². The van der Waals surface area contributed by atoms with E-state index in [9.17, 15) is 8.78 Å². The van der Waals surface area contributed by atoms with Gasteiger partial charge in [0.25, 0.3) is 0 Å². The summed E-state index contributed by atoms with van der Waals surface area (Å²) in [5.74, 6) is -0.773. The summed E-state index contributed by atoms with van der Waals surface area (Å²) < 4.78 is 27.3. The van der Waals surface area contributed by atoms with Gasteiger partial charge in [-0.2, -0.15) is 0 Å². The van der Waals surface area contributed by atoms with Crippen LogP contribution in [0.2, 0.25) is 0 Å². The predicted octanol–water partition coefficient (Wildman–Crippen LogP) is 3.18. The third kappa shape index (κ3) is 2.42. The van der Waals surface area contributed by atoms with Gasteiger partial charge in [-0.15, -0.1) is 0 Å². The second-order valence-electron chi connectivity index (χ2n) is 4.13. The van der Waals surface area contributed by atoms with E-state index < -0.39 is 5.82 Å². The van der Waals surface area contributed by atoms with Gasteiger partial charge in [0, 0.05) is 19.2 Å². The zero-order chi connectivity index (χ0) is 13.1. The summed E-state index contributed by atoms with van der Waals surface area (Å²) >= 11 is 0. The van der Waals surface area contributed by atoms with Gasteiger partial charge in [0.15, 0.2) is 5.82 Å². The fourth-order valence-electron chi connectivity index (χ4n) is 1.82. The molecular weight excluding hydrogens is 234 g/mol. The van der Waals surface area contributed by atoms with Crippen molar-refractivity contribution in [3.63, 3.8) is 0 Å². The van der Waals surface area contributed by atoms with Crippen LogP contribution in [-0.2, 0) is 6.54 Å². The van der Waals surface area contributed by atoms with E-state index in [1.807, 2.05) is 0 Å². The van der Waals surface area contributed by atoms with E-state index in [0.29, 0.717) is 11.3 Å². The predicted molar refractivity (Wildman–Crippen MR) is 69.3 cm³/mol. The zero-order valence-electron chi connectivity index (χ0n) is 10.0. The molecule has 0 radical (unpaired) electrons. The summed E-state index contributed by atoms with van der Waals surface area (Å²) in [6.45, 7) is 0.262. The molecule has 2 aromatic rings. The van der Waals surface area contributed by atoms with E-state index in [4.69, 9.17) is 5.73 Å². The highest BCUT2D eigenvalue weighted by molar-refractivity contribution is 5.49. The van der Waals surface area contributed by atoms with Gasteiger partial charge in [-0.05, 0) is 18.2 Å². The summed E-state index contributed by atoms with van der Waals surface area (Å²) in [5, 5.41) is 0. The summed E-state index contributed by atoms with van der Waals surface area (Å²) in [6.07, 6.45) is 0. The van der Waals surface area contributed by atoms with Crippen molar-refractivity contribution in [2.24, 2.45) is 0 Å². The van der Waals surface area contributed by atoms with Crippen molar-refractivity contribution in [3.8, 4) is 0 Å². The lowest BCUT2D eigenvalue weighted by Crippen LogP contribution is -2.18. The van der Waals surface area contributed by atoms with Crippen molar-refractivity contribution in [1.29, 1.82) is 0 Å². The van der Waals surface area contributed by atoms with Crippen LogP contribution in [0, 0.1) is 11.6 Å². The third-order valence-corrected chi connectivity index (χ3v) is 2.78. The number of para-hydroxylation sites is 1. The van der Waals surface area contributed by atoms with Gasteiger partial charge in [-0.1, -0.05) is 24.3 Å². The molecule has 0 fully saturated rings. The molecule has 0 aliphatic carbocycles. The maximum atomic E-state index is 13.7. The zero-order valence-corrected chi connectivity index (χ0v) is 10.0. The Kier molecular flexibility index (Phi) is 3.46. The highest BCUT2D eigenvalue weighted by atomic mass is 19.1. The number of rotatable bonds is 3. The average molecular weight is 248 g/mol. The molecule has 2 nitrogen and oxygen atoms in total. The third-order valence-electron chi connectivity index (χ3n) is 2.78. The first-order chi connectivity index (χ1) is 8.59. The van der Waals surface area contributed by atoms with Crippen LogP contribution in [-0.4, -0.2) is 7.05 Å². The molecule has 94 valence electrons. The van der Waals surface area contributed by atoms with E-state index in [1.54, 1.807) is 42.3 Å². The lowest BCUT2D eigenvalue weighted by molar-refractivity contribution is 0.604. The molecule has 0 saturated carbocycles.